The van der Waals surface area contributed by atoms with E-state index in [1.54, 1.807) is 14.0 Å². The predicted molar refractivity (Wildman–Crippen MR) is 39.9 cm³/mol. The first-order chi connectivity index (χ1) is 4.41. The van der Waals surface area contributed by atoms with Gasteiger partial charge in [-0.3, -0.25) is 4.79 Å². The van der Waals surface area contributed by atoms with E-state index in [2.05, 4.69) is 5.32 Å². The van der Waals surface area contributed by atoms with E-state index in [0.29, 0.717) is 0 Å². The van der Waals surface area contributed by atoms with Crippen molar-refractivity contribution in [2.75, 3.05) is 7.05 Å². The molecule has 10 heavy (non-hydrogen) atoms. The summed E-state index contributed by atoms with van der Waals surface area (Å²) in [6.45, 7) is 5.43. The Labute approximate surface area is 61.4 Å². The summed E-state index contributed by atoms with van der Waals surface area (Å²) in [6.07, 6.45) is 0. The predicted octanol–water partition coefficient (Wildman–Crippen LogP) is 0.705. The topological polar surface area (TPSA) is 49.3 Å². The van der Waals surface area contributed by atoms with E-state index in [9.17, 15) is 4.79 Å². The first-order valence-electron chi connectivity index (χ1n) is 3.33. The monoisotopic (exact) mass is 145 g/mol. The van der Waals surface area contributed by atoms with E-state index in [1.165, 1.54) is 0 Å². The first kappa shape index (κ1) is 9.43. The fourth-order valence-electron chi connectivity index (χ4n) is 0.525. The minimum Gasteiger partial charge on any atom is -0.481 e. The normalized spacial score (nSPS) is 14.8. The Hall–Kier alpha value is -0.570. The molecule has 3 nitrogen and oxygen atoms in total. The largest absolute Gasteiger partial charge is 0.481 e. The molecule has 0 aromatic carbocycles. The van der Waals surface area contributed by atoms with Crippen LogP contribution in [0.4, 0.5) is 0 Å². The molecule has 0 rings (SSSR count). The highest BCUT2D eigenvalue weighted by atomic mass is 16.4. The van der Waals surface area contributed by atoms with Crippen molar-refractivity contribution in [2.24, 2.45) is 5.92 Å². The van der Waals surface area contributed by atoms with Gasteiger partial charge < -0.3 is 10.4 Å². The minimum absolute atomic E-state index is 0.328. The molecular weight excluding hydrogens is 130 g/mol. The summed E-state index contributed by atoms with van der Waals surface area (Å²) in [5.74, 6) is -1.13. The summed E-state index contributed by atoms with van der Waals surface area (Å²) in [7, 11) is 1.76. The Balaban J connectivity index is 4.17. The molecule has 1 atom stereocenters. The van der Waals surface area contributed by atoms with Crippen LogP contribution in [0.15, 0.2) is 0 Å². The molecule has 0 aliphatic heterocycles. The molecule has 0 saturated carbocycles. The molecule has 0 amide bonds. The highest BCUT2D eigenvalue weighted by Gasteiger charge is 2.28. The molecule has 0 radical (unpaired) electrons. The molecule has 0 spiro atoms. The minimum atomic E-state index is -0.764. The van der Waals surface area contributed by atoms with Crippen molar-refractivity contribution in [1.29, 1.82) is 0 Å². The van der Waals surface area contributed by atoms with E-state index in [4.69, 9.17) is 5.11 Å². The number of aliphatic carboxylic acids is 1. The van der Waals surface area contributed by atoms with E-state index >= 15 is 0 Å². The molecule has 2 N–H and O–H groups in total. The zero-order chi connectivity index (χ0) is 8.36. The van der Waals surface area contributed by atoms with Gasteiger partial charge in [-0.05, 0) is 20.9 Å². The third-order valence-corrected chi connectivity index (χ3v) is 2.10. The lowest BCUT2D eigenvalue weighted by Gasteiger charge is -2.28. The molecule has 0 saturated heterocycles. The van der Waals surface area contributed by atoms with Gasteiger partial charge in [0.25, 0.3) is 0 Å². The molecule has 0 aromatic rings. The summed E-state index contributed by atoms with van der Waals surface area (Å²) in [5, 5.41) is 11.6. The zero-order valence-electron chi connectivity index (χ0n) is 6.93. The zero-order valence-corrected chi connectivity index (χ0v) is 6.93. The summed E-state index contributed by atoms with van der Waals surface area (Å²) in [5.41, 5.74) is -0.328. The van der Waals surface area contributed by atoms with Crippen LogP contribution in [0.2, 0.25) is 0 Å². The van der Waals surface area contributed by atoms with Crippen LogP contribution in [-0.4, -0.2) is 23.7 Å². The van der Waals surface area contributed by atoms with Gasteiger partial charge in [0.1, 0.15) is 0 Å². The molecule has 1 unspecified atom stereocenters. The average Bonchev–Trinajstić information content (AvgIpc) is 1.86. The van der Waals surface area contributed by atoms with Crippen LogP contribution in [0, 0.1) is 5.92 Å². The van der Waals surface area contributed by atoms with Crippen LogP contribution in [-0.2, 0) is 4.79 Å². The second-order valence-electron chi connectivity index (χ2n) is 3.03. The molecule has 0 fully saturated rings. The van der Waals surface area contributed by atoms with Crippen LogP contribution in [0.5, 0.6) is 0 Å². The smallest absolute Gasteiger partial charge is 0.308 e. The molecule has 0 aliphatic carbocycles. The Morgan fingerprint density at radius 2 is 2.00 bits per heavy atom. The number of carboxylic acids is 1. The second kappa shape index (κ2) is 3.01. The molecular formula is C7H15NO2. The molecule has 0 heterocycles. The molecule has 0 aliphatic rings. The standard InChI is InChI=1S/C7H15NO2/c1-5(6(9)10)7(2,3)8-4/h5,8H,1-4H3,(H,9,10). The highest BCUT2D eigenvalue weighted by molar-refractivity contribution is 5.71. The summed E-state index contributed by atoms with van der Waals surface area (Å²) >= 11 is 0. The molecule has 0 aromatic heterocycles. The van der Waals surface area contributed by atoms with Crippen molar-refractivity contribution in [3.63, 3.8) is 0 Å². The van der Waals surface area contributed by atoms with Crippen molar-refractivity contribution < 1.29 is 9.90 Å². The lowest BCUT2D eigenvalue weighted by atomic mass is 9.89. The Morgan fingerprint density at radius 3 is 2.10 bits per heavy atom. The van der Waals surface area contributed by atoms with Crippen LogP contribution < -0.4 is 5.32 Å². The van der Waals surface area contributed by atoms with E-state index < -0.39 is 5.97 Å². The van der Waals surface area contributed by atoms with Gasteiger partial charge in [0, 0.05) is 5.54 Å². The third-order valence-electron chi connectivity index (χ3n) is 2.10. The maximum absolute atomic E-state index is 10.5. The van der Waals surface area contributed by atoms with Crippen LogP contribution in [0.25, 0.3) is 0 Å². The number of hydrogen-bond acceptors (Lipinski definition) is 2. The first-order valence-corrected chi connectivity index (χ1v) is 3.33. The van der Waals surface area contributed by atoms with E-state index in [-0.39, 0.29) is 11.5 Å². The molecule has 0 bridgehead atoms. The summed E-state index contributed by atoms with van der Waals surface area (Å²) < 4.78 is 0. The maximum Gasteiger partial charge on any atom is 0.308 e. The van der Waals surface area contributed by atoms with E-state index in [0.717, 1.165) is 0 Å². The van der Waals surface area contributed by atoms with Crippen molar-refractivity contribution >= 4 is 5.97 Å². The number of hydrogen-bond donors (Lipinski definition) is 2. The van der Waals surface area contributed by atoms with Gasteiger partial charge in [-0.25, -0.2) is 0 Å². The molecule has 60 valence electrons. The Morgan fingerprint density at radius 1 is 1.60 bits per heavy atom. The van der Waals surface area contributed by atoms with Gasteiger partial charge in [-0.15, -0.1) is 0 Å². The number of rotatable bonds is 3. The van der Waals surface area contributed by atoms with Crippen molar-refractivity contribution in [3.05, 3.63) is 0 Å². The van der Waals surface area contributed by atoms with Gasteiger partial charge in [-0.1, -0.05) is 6.92 Å². The lowest BCUT2D eigenvalue weighted by Crippen LogP contribution is -2.45. The Kier molecular flexibility index (Phi) is 2.84. The van der Waals surface area contributed by atoms with Gasteiger partial charge in [0.2, 0.25) is 0 Å². The second-order valence-corrected chi connectivity index (χ2v) is 3.03. The van der Waals surface area contributed by atoms with E-state index in [1.807, 2.05) is 13.8 Å². The number of carbonyl (C=O) groups is 1. The van der Waals surface area contributed by atoms with Gasteiger partial charge in [0.05, 0.1) is 5.92 Å². The average molecular weight is 145 g/mol. The quantitative estimate of drug-likeness (QED) is 0.614. The van der Waals surface area contributed by atoms with Crippen LogP contribution in [0.1, 0.15) is 20.8 Å². The number of carboxylic acid groups (broad SMARTS) is 1. The van der Waals surface area contributed by atoms with Gasteiger partial charge in [-0.2, -0.15) is 0 Å². The number of nitrogens with one attached hydrogen (secondary N) is 1. The maximum atomic E-state index is 10.5. The Bertz CT molecular complexity index is 132. The van der Waals surface area contributed by atoms with Crippen molar-refractivity contribution in [2.45, 2.75) is 26.3 Å². The van der Waals surface area contributed by atoms with Crippen molar-refractivity contribution in [3.8, 4) is 0 Å². The fraction of sp³-hybridized carbons (Fsp3) is 0.857. The third kappa shape index (κ3) is 1.99. The molecule has 3 heteroatoms. The van der Waals surface area contributed by atoms with Crippen LogP contribution >= 0.6 is 0 Å². The fourth-order valence-corrected chi connectivity index (χ4v) is 0.525. The van der Waals surface area contributed by atoms with Gasteiger partial charge >= 0.3 is 5.97 Å². The highest BCUT2D eigenvalue weighted by Crippen LogP contribution is 2.14. The van der Waals surface area contributed by atoms with Crippen LogP contribution in [0.3, 0.4) is 0 Å². The van der Waals surface area contributed by atoms with Crippen molar-refractivity contribution in [1.82, 2.24) is 5.32 Å². The summed E-state index contributed by atoms with van der Waals surface area (Å²) in [4.78, 5) is 10.5. The lowest BCUT2D eigenvalue weighted by molar-refractivity contribution is -0.143. The van der Waals surface area contributed by atoms with Gasteiger partial charge in [0.15, 0.2) is 0 Å². The summed E-state index contributed by atoms with van der Waals surface area (Å²) in [6, 6.07) is 0. The SMILES string of the molecule is CNC(C)(C)C(C)C(=O)O.